The minimum Gasteiger partial charge on any atom is -0.457 e. The molecule has 11 nitrogen and oxygen atoms in total. The Morgan fingerprint density at radius 1 is 1.20 bits per heavy atom. The van der Waals surface area contributed by atoms with Crippen molar-refractivity contribution in [2.45, 2.75) is 19.9 Å². The molecule has 1 N–H and O–H groups in total. The second kappa shape index (κ2) is 10.5. The summed E-state index contributed by atoms with van der Waals surface area (Å²) in [6, 6.07) is 11.5. The van der Waals surface area contributed by atoms with Crippen LogP contribution in [0, 0.1) is 12.7 Å². The molecule has 208 valence electrons. The average Bonchev–Trinajstić information content (AvgIpc) is 3.44. The van der Waals surface area contributed by atoms with Crippen molar-refractivity contribution >= 4 is 45.3 Å². The van der Waals surface area contributed by atoms with Gasteiger partial charge in [0.05, 0.1) is 16.7 Å². The highest BCUT2D eigenvalue weighted by molar-refractivity contribution is 5.89. The van der Waals surface area contributed by atoms with E-state index in [9.17, 15) is 4.79 Å². The van der Waals surface area contributed by atoms with E-state index in [1.54, 1.807) is 36.1 Å². The number of hydrogen-bond acceptors (Lipinski definition) is 9. The standard InChI is InChI=1S/C29H28FN9O2/c1-5-26(40)39-13-12-38(15-17(39)2)25-11-8-21-28(34-25)29(32-16-31-21)33-20-7-10-24(18(3)27(20)30)41-19-6-9-23-22(14-19)35-36-37(23)4/h5-11,14,16-17H,1,12-13,15H2,2-4H3,(H,31,32,33)/t17-/m1/s1/i4D3. The number of carbonyl (C=O) groups is 1. The van der Waals surface area contributed by atoms with E-state index in [0.717, 1.165) is 4.68 Å². The highest BCUT2D eigenvalue weighted by Gasteiger charge is 2.27. The third kappa shape index (κ3) is 4.88. The predicted molar refractivity (Wildman–Crippen MR) is 154 cm³/mol. The number of fused-ring (bicyclic) bond motifs is 2. The molecule has 0 aliphatic carbocycles. The summed E-state index contributed by atoms with van der Waals surface area (Å²) in [5, 5.41) is 10.7. The molecule has 41 heavy (non-hydrogen) atoms. The summed E-state index contributed by atoms with van der Waals surface area (Å²) in [7, 11) is 0. The molecular weight excluding hydrogens is 525 g/mol. The van der Waals surface area contributed by atoms with Crippen LogP contribution in [-0.4, -0.2) is 66.4 Å². The minimum atomic E-state index is -2.47. The molecule has 3 aromatic heterocycles. The van der Waals surface area contributed by atoms with Gasteiger partial charge in [0.15, 0.2) is 11.6 Å². The maximum absolute atomic E-state index is 15.6. The Kier molecular flexibility index (Phi) is 5.78. The molecule has 0 bridgehead atoms. The summed E-state index contributed by atoms with van der Waals surface area (Å²) in [5.74, 6) is 1.01. The monoisotopic (exact) mass is 556 g/mol. The van der Waals surface area contributed by atoms with Crippen LogP contribution < -0.4 is 15.0 Å². The van der Waals surface area contributed by atoms with Gasteiger partial charge in [-0.3, -0.25) is 4.79 Å². The molecule has 2 aromatic carbocycles. The maximum Gasteiger partial charge on any atom is 0.246 e. The Bertz CT molecular complexity index is 1910. The van der Waals surface area contributed by atoms with Gasteiger partial charge in [-0.05, 0) is 56.3 Å². The van der Waals surface area contributed by atoms with Gasteiger partial charge in [-0.2, -0.15) is 0 Å². The van der Waals surface area contributed by atoms with E-state index in [4.69, 9.17) is 13.8 Å². The third-order valence-corrected chi connectivity index (χ3v) is 7.11. The zero-order chi connectivity index (χ0) is 31.2. The number of pyridine rings is 1. The van der Waals surface area contributed by atoms with E-state index in [-0.39, 0.29) is 28.9 Å². The number of benzene rings is 2. The van der Waals surface area contributed by atoms with Crippen LogP contribution in [0.15, 0.2) is 61.4 Å². The molecule has 5 aromatic rings. The number of rotatable bonds is 6. The lowest BCUT2D eigenvalue weighted by Gasteiger charge is -2.40. The fourth-order valence-corrected chi connectivity index (χ4v) is 4.90. The van der Waals surface area contributed by atoms with Crippen molar-refractivity contribution in [3.63, 3.8) is 0 Å². The number of aryl methyl sites for hydroxylation is 1. The summed E-state index contributed by atoms with van der Waals surface area (Å²) >= 11 is 0. The molecule has 1 atom stereocenters. The first-order valence-electron chi connectivity index (χ1n) is 14.4. The molecule has 0 spiro atoms. The van der Waals surface area contributed by atoms with Crippen molar-refractivity contribution < 1.29 is 18.0 Å². The van der Waals surface area contributed by atoms with Gasteiger partial charge in [0.25, 0.3) is 0 Å². The molecule has 0 saturated carbocycles. The Hall–Kier alpha value is -5.13. The van der Waals surface area contributed by atoms with Crippen molar-refractivity contribution in [3.05, 3.63) is 72.8 Å². The minimum absolute atomic E-state index is 0.0285. The van der Waals surface area contributed by atoms with Crippen LogP contribution in [0.3, 0.4) is 0 Å². The smallest absolute Gasteiger partial charge is 0.246 e. The van der Waals surface area contributed by atoms with Gasteiger partial charge in [0, 0.05) is 48.4 Å². The largest absolute Gasteiger partial charge is 0.457 e. The molecule has 1 aliphatic heterocycles. The summed E-state index contributed by atoms with van der Waals surface area (Å²) in [4.78, 5) is 29.5. The van der Waals surface area contributed by atoms with Crippen molar-refractivity contribution in [3.8, 4) is 11.5 Å². The molecule has 0 radical (unpaired) electrons. The molecular formula is C29H28FN9O2. The molecule has 1 amide bonds. The summed E-state index contributed by atoms with van der Waals surface area (Å²) in [6.07, 6.45) is 2.71. The van der Waals surface area contributed by atoms with Gasteiger partial charge >= 0.3 is 0 Å². The number of hydrogen-bond donors (Lipinski definition) is 1. The van der Waals surface area contributed by atoms with E-state index in [2.05, 4.69) is 37.1 Å². The topological polar surface area (TPSA) is 114 Å². The van der Waals surface area contributed by atoms with Gasteiger partial charge in [0.1, 0.15) is 34.7 Å². The van der Waals surface area contributed by atoms with Gasteiger partial charge < -0.3 is 19.9 Å². The Labute approximate surface area is 239 Å². The number of nitrogens with zero attached hydrogens (tertiary/aromatic N) is 8. The van der Waals surface area contributed by atoms with Crippen molar-refractivity contribution in [2.24, 2.45) is 6.98 Å². The highest BCUT2D eigenvalue weighted by Crippen LogP contribution is 2.33. The number of piperazine rings is 1. The van der Waals surface area contributed by atoms with Gasteiger partial charge in [-0.25, -0.2) is 24.0 Å². The molecule has 1 aliphatic rings. The molecule has 0 unspecified atom stereocenters. The Morgan fingerprint density at radius 3 is 2.88 bits per heavy atom. The molecule has 12 heteroatoms. The normalized spacial score (nSPS) is 16.8. The number of amides is 1. The first kappa shape index (κ1) is 22.7. The number of ether oxygens (including phenoxy) is 1. The number of nitrogens with one attached hydrogen (secondary N) is 1. The first-order valence-corrected chi connectivity index (χ1v) is 12.9. The second-order valence-corrected chi connectivity index (χ2v) is 9.72. The SMILES string of the molecule is [2H]C([2H])([2H])n1nnc2cc(Oc3ccc(Nc4ncnc5ccc(N6CCN(C(=O)C=C)[C@H](C)C6)nc45)c(F)c3C)ccc21. The van der Waals surface area contributed by atoms with Crippen LogP contribution in [0.5, 0.6) is 11.5 Å². The van der Waals surface area contributed by atoms with Gasteiger partial charge in [-0.15, -0.1) is 5.10 Å². The Morgan fingerprint density at radius 2 is 2.07 bits per heavy atom. The molecule has 4 heterocycles. The van der Waals surface area contributed by atoms with Crippen LogP contribution in [0.25, 0.3) is 22.1 Å². The van der Waals surface area contributed by atoms with Crippen LogP contribution in [-0.2, 0) is 11.8 Å². The lowest BCUT2D eigenvalue weighted by Crippen LogP contribution is -2.53. The van der Waals surface area contributed by atoms with E-state index >= 15 is 4.39 Å². The van der Waals surface area contributed by atoms with E-state index in [0.29, 0.717) is 59.1 Å². The summed E-state index contributed by atoms with van der Waals surface area (Å²) < 4.78 is 45.2. The number of aromatic nitrogens is 6. The predicted octanol–water partition coefficient (Wildman–Crippen LogP) is 4.51. The van der Waals surface area contributed by atoms with Crippen LogP contribution in [0.4, 0.5) is 21.7 Å². The Balaban J connectivity index is 1.23. The summed E-state index contributed by atoms with van der Waals surface area (Å²) in [5.41, 5.74) is 2.13. The zero-order valence-corrected chi connectivity index (χ0v) is 22.4. The third-order valence-electron chi connectivity index (χ3n) is 7.11. The average molecular weight is 557 g/mol. The fraction of sp³-hybridized carbons (Fsp3) is 0.241. The second-order valence-electron chi connectivity index (χ2n) is 9.72. The molecule has 1 saturated heterocycles. The zero-order valence-electron chi connectivity index (χ0n) is 25.4. The van der Waals surface area contributed by atoms with Crippen LogP contribution >= 0.6 is 0 Å². The molecule has 6 rings (SSSR count). The maximum atomic E-state index is 15.6. The highest BCUT2D eigenvalue weighted by atomic mass is 19.1. The van der Waals surface area contributed by atoms with Crippen molar-refractivity contribution in [1.82, 2.24) is 34.8 Å². The van der Waals surface area contributed by atoms with E-state index in [1.165, 1.54) is 18.5 Å². The number of anilines is 3. The van der Waals surface area contributed by atoms with Crippen LogP contribution in [0.2, 0.25) is 0 Å². The number of carbonyl (C=O) groups excluding carboxylic acids is 1. The van der Waals surface area contributed by atoms with Gasteiger partial charge in [-0.1, -0.05) is 11.8 Å². The van der Waals surface area contributed by atoms with E-state index in [1.807, 2.05) is 19.1 Å². The lowest BCUT2D eigenvalue weighted by molar-refractivity contribution is -0.128. The van der Waals surface area contributed by atoms with E-state index < -0.39 is 12.8 Å². The van der Waals surface area contributed by atoms with Crippen molar-refractivity contribution in [1.29, 1.82) is 0 Å². The molecule has 1 fully saturated rings. The quantitative estimate of drug-likeness (QED) is 0.302. The number of halogens is 1. The van der Waals surface area contributed by atoms with Gasteiger partial charge in [0.2, 0.25) is 5.91 Å². The lowest BCUT2D eigenvalue weighted by atomic mass is 10.1. The fourth-order valence-electron chi connectivity index (χ4n) is 4.90. The van der Waals surface area contributed by atoms with Crippen LogP contribution in [0.1, 0.15) is 16.6 Å². The summed E-state index contributed by atoms with van der Waals surface area (Å²) in [6.45, 7) is 6.41. The first-order chi connectivity index (χ1) is 21.0. The van der Waals surface area contributed by atoms with Crippen molar-refractivity contribution in [2.75, 3.05) is 29.9 Å².